The second kappa shape index (κ2) is 4.69. The highest BCUT2D eigenvalue weighted by molar-refractivity contribution is 6.14. The largest absolute Gasteiger partial charge is 0.331 e. The molecule has 0 aromatic rings. The number of hydrogen-bond acceptors (Lipinski definition) is 3. The van der Waals surface area contributed by atoms with Crippen LogP contribution in [0.25, 0.3) is 0 Å². The Kier molecular flexibility index (Phi) is 3.26. The number of nitrogens with one attached hydrogen (secondary N) is 1. The minimum Gasteiger partial charge on any atom is -0.277 e. The Hall–Kier alpha value is -1.65. The van der Waals surface area contributed by atoms with Crippen LogP contribution in [0.2, 0.25) is 0 Å². The second-order valence-electron chi connectivity index (χ2n) is 4.49. The molecule has 1 saturated heterocycles. The lowest BCUT2D eigenvalue weighted by Crippen LogP contribution is -2.56. The first-order valence-electron chi connectivity index (χ1n) is 5.94. The summed E-state index contributed by atoms with van der Waals surface area (Å²) >= 11 is 0. The molecule has 2 aliphatic rings. The van der Waals surface area contributed by atoms with Crippen molar-refractivity contribution in [2.75, 3.05) is 0 Å². The van der Waals surface area contributed by atoms with Crippen molar-refractivity contribution < 1.29 is 14.4 Å². The highest BCUT2D eigenvalue weighted by Gasteiger charge is 2.35. The van der Waals surface area contributed by atoms with Crippen LogP contribution in [0.15, 0.2) is 11.6 Å². The average Bonchev–Trinajstić information content (AvgIpc) is 2.28. The minimum absolute atomic E-state index is 0.233. The highest BCUT2D eigenvalue weighted by Crippen LogP contribution is 2.24. The van der Waals surface area contributed by atoms with Crippen LogP contribution in [0.5, 0.6) is 0 Å². The zero-order chi connectivity index (χ0) is 12.4. The van der Waals surface area contributed by atoms with E-state index in [0.29, 0.717) is 0 Å². The van der Waals surface area contributed by atoms with Gasteiger partial charge in [0, 0.05) is 0 Å². The smallest absolute Gasteiger partial charge is 0.277 e. The first-order chi connectivity index (χ1) is 8.09. The monoisotopic (exact) mass is 236 g/mol. The van der Waals surface area contributed by atoms with Crippen molar-refractivity contribution in [2.24, 2.45) is 0 Å². The molecular formula is C12H16N2O3. The van der Waals surface area contributed by atoms with Gasteiger partial charge in [0.2, 0.25) is 11.8 Å². The summed E-state index contributed by atoms with van der Waals surface area (Å²) in [7, 11) is 0. The van der Waals surface area contributed by atoms with Crippen LogP contribution in [0.3, 0.4) is 0 Å². The molecule has 92 valence electrons. The van der Waals surface area contributed by atoms with E-state index in [9.17, 15) is 14.4 Å². The molecule has 0 aromatic carbocycles. The maximum atomic E-state index is 11.7. The highest BCUT2D eigenvalue weighted by atomic mass is 16.2. The van der Waals surface area contributed by atoms with Gasteiger partial charge in [-0.25, -0.2) is 4.79 Å². The molecule has 1 aliphatic heterocycles. The lowest BCUT2D eigenvalue weighted by Gasteiger charge is -2.32. The standard InChI is InChI=1S/C12H16N2O3/c1-8(9-5-3-2-4-6-9)14-11(16)7-10(15)13-12(14)17/h5,8H,2-4,6-7H2,1H3,(H,13,15,17). The molecule has 0 spiro atoms. The van der Waals surface area contributed by atoms with Crippen molar-refractivity contribution in [3.8, 4) is 0 Å². The summed E-state index contributed by atoms with van der Waals surface area (Å²) < 4.78 is 0. The summed E-state index contributed by atoms with van der Waals surface area (Å²) in [5, 5.41) is 2.18. The Bertz CT molecular complexity index is 381. The predicted molar refractivity (Wildman–Crippen MR) is 61.0 cm³/mol. The number of carbonyl (C=O) groups is 3. The van der Waals surface area contributed by atoms with Gasteiger partial charge in [-0.3, -0.25) is 19.8 Å². The molecule has 0 radical (unpaired) electrons. The zero-order valence-corrected chi connectivity index (χ0v) is 9.86. The number of allylic oxidation sites excluding steroid dienone is 1. The van der Waals surface area contributed by atoms with E-state index in [-0.39, 0.29) is 12.5 Å². The van der Waals surface area contributed by atoms with E-state index in [1.165, 1.54) is 4.90 Å². The molecule has 0 bridgehead atoms. The number of rotatable bonds is 2. The molecule has 2 rings (SSSR count). The Morgan fingerprint density at radius 3 is 2.65 bits per heavy atom. The number of amides is 4. The summed E-state index contributed by atoms with van der Waals surface area (Å²) in [6.45, 7) is 1.84. The van der Waals surface area contributed by atoms with Crippen LogP contribution < -0.4 is 5.32 Å². The van der Waals surface area contributed by atoms with Gasteiger partial charge in [-0.2, -0.15) is 0 Å². The van der Waals surface area contributed by atoms with Gasteiger partial charge in [-0.05, 0) is 32.6 Å². The number of carbonyl (C=O) groups excluding carboxylic acids is 3. The van der Waals surface area contributed by atoms with Gasteiger partial charge in [0.25, 0.3) is 0 Å². The maximum absolute atomic E-state index is 11.7. The molecule has 1 atom stereocenters. The number of nitrogens with zero attached hydrogens (tertiary/aromatic N) is 1. The fourth-order valence-corrected chi connectivity index (χ4v) is 2.36. The molecular weight excluding hydrogens is 220 g/mol. The van der Waals surface area contributed by atoms with Crippen molar-refractivity contribution in [3.05, 3.63) is 11.6 Å². The van der Waals surface area contributed by atoms with E-state index in [2.05, 4.69) is 11.4 Å². The average molecular weight is 236 g/mol. The topological polar surface area (TPSA) is 66.5 Å². The molecule has 0 saturated carbocycles. The molecule has 1 fully saturated rings. The lowest BCUT2D eigenvalue weighted by molar-refractivity contribution is -0.137. The fraction of sp³-hybridized carbons (Fsp3) is 0.583. The molecule has 1 heterocycles. The fourth-order valence-electron chi connectivity index (χ4n) is 2.36. The molecule has 1 unspecified atom stereocenters. The van der Waals surface area contributed by atoms with Gasteiger partial charge in [-0.1, -0.05) is 11.6 Å². The van der Waals surface area contributed by atoms with Gasteiger partial charge in [-0.15, -0.1) is 0 Å². The molecule has 5 nitrogen and oxygen atoms in total. The van der Waals surface area contributed by atoms with Crippen molar-refractivity contribution in [1.82, 2.24) is 10.2 Å². The SMILES string of the molecule is CC(C1=CCCCC1)N1C(=O)CC(=O)NC1=O. The van der Waals surface area contributed by atoms with Crippen molar-refractivity contribution in [3.63, 3.8) is 0 Å². The Morgan fingerprint density at radius 2 is 2.06 bits per heavy atom. The second-order valence-corrected chi connectivity index (χ2v) is 4.49. The maximum Gasteiger partial charge on any atom is 0.331 e. The van der Waals surface area contributed by atoms with Crippen molar-refractivity contribution in [1.29, 1.82) is 0 Å². The molecule has 1 aliphatic carbocycles. The molecule has 4 amide bonds. The number of urea groups is 1. The van der Waals surface area contributed by atoms with Crippen LogP contribution in [0.4, 0.5) is 4.79 Å². The van der Waals surface area contributed by atoms with Crippen molar-refractivity contribution in [2.45, 2.75) is 45.1 Å². The Morgan fingerprint density at radius 1 is 1.29 bits per heavy atom. The summed E-state index contributed by atoms with van der Waals surface area (Å²) in [5.74, 6) is -0.918. The summed E-state index contributed by atoms with van der Waals surface area (Å²) in [6, 6.07) is -0.832. The van der Waals surface area contributed by atoms with Gasteiger partial charge < -0.3 is 0 Å². The van der Waals surface area contributed by atoms with Crippen LogP contribution in [0, 0.1) is 0 Å². The first-order valence-corrected chi connectivity index (χ1v) is 5.94. The molecule has 5 heteroatoms. The number of hydrogen-bond donors (Lipinski definition) is 1. The van der Waals surface area contributed by atoms with Crippen molar-refractivity contribution >= 4 is 17.8 Å². The minimum atomic E-state index is -0.592. The summed E-state index contributed by atoms with van der Waals surface area (Å²) in [6.07, 6.45) is 6.05. The zero-order valence-electron chi connectivity index (χ0n) is 9.86. The van der Waals surface area contributed by atoms with E-state index < -0.39 is 17.8 Å². The van der Waals surface area contributed by atoms with E-state index in [0.717, 1.165) is 31.3 Å². The molecule has 0 aromatic heterocycles. The van der Waals surface area contributed by atoms with Gasteiger partial charge in [0.05, 0.1) is 6.04 Å². The van der Waals surface area contributed by atoms with Crippen LogP contribution in [-0.4, -0.2) is 28.8 Å². The van der Waals surface area contributed by atoms with Crippen LogP contribution >= 0.6 is 0 Å². The van der Waals surface area contributed by atoms with E-state index >= 15 is 0 Å². The third-order valence-electron chi connectivity index (χ3n) is 3.30. The Balaban J connectivity index is 2.15. The predicted octanol–water partition coefficient (Wildman–Crippen LogP) is 1.34. The number of barbiturate groups is 1. The summed E-state index contributed by atoms with van der Waals surface area (Å²) in [4.78, 5) is 35.6. The van der Waals surface area contributed by atoms with E-state index in [1.807, 2.05) is 6.92 Å². The van der Waals surface area contributed by atoms with E-state index in [1.54, 1.807) is 0 Å². The van der Waals surface area contributed by atoms with Gasteiger partial charge in [0.1, 0.15) is 6.42 Å². The van der Waals surface area contributed by atoms with Crippen LogP contribution in [-0.2, 0) is 9.59 Å². The molecule has 17 heavy (non-hydrogen) atoms. The third kappa shape index (κ3) is 2.38. The van der Waals surface area contributed by atoms with E-state index in [4.69, 9.17) is 0 Å². The first kappa shape index (κ1) is 11.8. The summed E-state index contributed by atoms with van der Waals surface area (Å²) in [5.41, 5.74) is 1.12. The van der Waals surface area contributed by atoms with Gasteiger partial charge >= 0.3 is 6.03 Å². The number of imide groups is 2. The Labute approximate surface area is 99.8 Å². The third-order valence-corrected chi connectivity index (χ3v) is 3.30. The quantitative estimate of drug-likeness (QED) is 0.581. The van der Waals surface area contributed by atoms with Gasteiger partial charge in [0.15, 0.2) is 0 Å². The van der Waals surface area contributed by atoms with Crippen LogP contribution in [0.1, 0.15) is 39.0 Å². The normalized spacial score (nSPS) is 23.2. The molecule has 1 N–H and O–H groups in total. The lowest BCUT2D eigenvalue weighted by atomic mass is 9.93.